The molecule has 1 heterocycles. The monoisotopic (exact) mass is 384 g/mol. The number of azide groups is 1. The third kappa shape index (κ3) is 4.31. The number of sulfonamides is 1. The van der Waals surface area contributed by atoms with Gasteiger partial charge in [-0.1, -0.05) is 41.0 Å². The first-order valence-electron chi connectivity index (χ1n) is 8.52. The van der Waals surface area contributed by atoms with E-state index in [1.807, 2.05) is 6.08 Å². The largest absolute Gasteiger partial charge is 0.497 e. The highest BCUT2D eigenvalue weighted by molar-refractivity contribution is 7.89. The molecule has 0 unspecified atom stereocenters. The normalized spacial score (nSPS) is 16.7. The van der Waals surface area contributed by atoms with Crippen LogP contribution in [0.15, 0.2) is 64.1 Å². The van der Waals surface area contributed by atoms with Crippen LogP contribution in [0.4, 0.5) is 5.69 Å². The first-order chi connectivity index (χ1) is 13.0. The van der Waals surface area contributed by atoms with Crippen molar-refractivity contribution >= 4 is 21.8 Å². The third-order valence-corrected chi connectivity index (χ3v) is 6.27. The highest BCUT2D eigenvalue weighted by atomic mass is 32.2. The Morgan fingerprint density at radius 3 is 2.70 bits per heavy atom. The summed E-state index contributed by atoms with van der Waals surface area (Å²) in [5.74, 6) is 0.594. The molecule has 0 aromatic heterocycles. The Morgan fingerprint density at radius 1 is 1.22 bits per heavy atom. The van der Waals surface area contributed by atoms with Gasteiger partial charge < -0.3 is 4.74 Å². The maximum atomic E-state index is 12.9. The number of piperidine rings is 1. The fourth-order valence-corrected chi connectivity index (χ4v) is 4.56. The fraction of sp³-hybridized carbons (Fsp3) is 0.263. The van der Waals surface area contributed by atoms with E-state index in [4.69, 9.17) is 10.3 Å². The lowest BCUT2D eigenvalue weighted by molar-refractivity contribution is 0.396. The predicted molar refractivity (Wildman–Crippen MR) is 104 cm³/mol. The second kappa shape index (κ2) is 8.26. The lowest BCUT2D eigenvalue weighted by Crippen LogP contribution is -2.36. The van der Waals surface area contributed by atoms with Crippen molar-refractivity contribution in [2.24, 2.45) is 5.11 Å². The lowest BCUT2D eigenvalue weighted by Gasteiger charge is -2.28. The Labute approximate surface area is 158 Å². The van der Waals surface area contributed by atoms with E-state index in [1.165, 1.54) is 4.31 Å². The van der Waals surface area contributed by atoms with Gasteiger partial charge in [0.2, 0.25) is 10.0 Å². The Balaban J connectivity index is 1.90. The van der Waals surface area contributed by atoms with Crippen LogP contribution >= 0.6 is 0 Å². The molecule has 0 saturated carbocycles. The van der Waals surface area contributed by atoms with Crippen LogP contribution in [0.5, 0.6) is 5.75 Å². The summed E-state index contributed by atoms with van der Waals surface area (Å²) >= 11 is 0. The van der Waals surface area contributed by atoms with Crippen LogP contribution in [0, 0.1) is 0 Å². The molecule has 0 bridgehead atoms. The molecule has 3 rings (SSSR count). The SMILES string of the molecule is COc1ccc(/C=C2/CCCN(S(=O)(=O)c3ccccc3)C2)c(N=[N+]=[N-])c1. The highest BCUT2D eigenvalue weighted by Gasteiger charge is 2.27. The van der Waals surface area contributed by atoms with E-state index in [-0.39, 0.29) is 0 Å². The van der Waals surface area contributed by atoms with Crippen LogP contribution < -0.4 is 4.74 Å². The van der Waals surface area contributed by atoms with Crippen LogP contribution in [0.25, 0.3) is 16.5 Å². The minimum Gasteiger partial charge on any atom is -0.497 e. The lowest BCUT2D eigenvalue weighted by atomic mass is 10.0. The van der Waals surface area contributed by atoms with E-state index in [0.717, 1.165) is 24.0 Å². The Hall–Kier alpha value is -2.80. The van der Waals surface area contributed by atoms with Gasteiger partial charge in [0.05, 0.1) is 12.0 Å². The van der Waals surface area contributed by atoms with Gasteiger partial charge in [0.15, 0.2) is 0 Å². The second-order valence-corrected chi connectivity index (χ2v) is 8.11. The summed E-state index contributed by atoms with van der Waals surface area (Å²) in [6.45, 7) is 0.805. The van der Waals surface area contributed by atoms with E-state index >= 15 is 0 Å². The van der Waals surface area contributed by atoms with Crippen molar-refractivity contribution in [2.45, 2.75) is 17.7 Å². The molecular weight excluding hydrogens is 364 g/mol. The van der Waals surface area contributed by atoms with Gasteiger partial charge in [-0.3, -0.25) is 0 Å². The van der Waals surface area contributed by atoms with Crippen LogP contribution in [-0.2, 0) is 10.0 Å². The molecule has 2 aromatic rings. The van der Waals surface area contributed by atoms with Crippen molar-refractivity contribution in [3.63, 3.8) is 0 Å². The van der Waals surface area contributed by atoms with Crippen LogP contribution in [0.1, 0.15) is 18.4 Å². The summed E-state index contributed by atoms with van der Waals surface area (Å²) in [5.41, 5.74) is 11.0. The number of nitrogens with zero attached hydrogens (tertiary/aromatic N) is 4. The molecule has 140 valence electrons. The summed E-state index contributed by atoms with van der Waals surface area (Å²) in [6.07, 6.45) is 3.43. The molecule has 2 aromatic carbocycles. The highest BCUT2D eigenvalue weighted by Crippen LogP contribution is 2.30. The molecule has 7 nitrogen and oxygen atoms in total. The first kappa shape index (κ1) is 19.0. The molecule has 1 aliphatic heterocycles. The smallest absolute Gasteiger partial charge is 0.243 e. The standard InChI is InChI=1S/C19H20N4O3S/c1-26-17-10-9-16(19(13-17)21-22-20)12-15-6-5-11-23(14-15)27(24,25)18-7-3-2-4-8-18/h2-4,7-10,12-13H,5-6,11,14H2,1H3/b15-12-. The quantitative estimate of drug-likeness (QED) is 0.431. The Bertz CT molecular complexity index is 997. The zero-order valence-electron chi connectivity index (χ0n) is 14.9. The summed E-state index contributed by atoms with van der Waals surface area (Å²) < 4.78 is 32.4. The molecule has 0 amide bonds. The molecule has 0 spiro atoms. The number of methoxy groups -OCH3 is 1. The third-order valence-electron chi connectivity index (χ3n) is 4.42. The number of hydrogen-bond donors (Lipinski definition) is 0. The molecule has 1 saturated heterocycles. The molecule has 0 atom stereocenters. The van der Waals surface area contributed by atoms with Crippen molar-refractivity contribution < 1.29 is 13.2 Å². The van der Waals surface area contributed by atoms with Crippen LogP contribution in [0.3, 0.4) is 0 Å². The van der Waals surface area contributed by atoms with Gasteiger partial charge in [-0.2, -0.15) is 4.31 Å². The average Bonchev–Trinajstić information content (AvgIpc) is 2.70. The molecule has 27 heavy (non-hydrogen) atoms. The summed E-state index contributed by atoms with van der Waals surface area (Å²) in [6, 6.07) is 13.7. The maximum Gasteiger partial charge on any atom is 0.243 e. The molecule has 0 radical (unpaired) electrons. The fourth-order valence-electron chi connectivity index (χ4n) is 3.06. The van der Waals surface area contributed by atoms with Gasteiger partial charge in [0.25, 0.3) is 0 Å². The van der Waals surface area contributed by atoms with Gasteiger partial charge in [0, 0.05) is 23.7 Å². The topological polar surface area (TPSA) is 95.4 Å². The zero-order chi connectivity index (χ0) is 19.3. The predicted octanol–water partition coefficient (Wildman–Crippen LogP) is 4.51. The Kier molecular flexibility index (Phi) is 5.81. The molecule has 0 N–H and O–H groups in total. The number of hydrogen-bond acceptors (Lipinski definition) is 4. The molecular formula is C19H20N4O3S. The summed E-state index contributed by atoms with van der Waals surface area (Å²) in [4.78, 5) is 3.16. The number of benzene rings is 2. The number of ether oxygens (including phenoxy) is 1. The second-order valence-electron chi connectivity index (χ2n) is 6.17. The molecule has 1 aliphatic rings. The van der Waals surface area contributed by atoms with Crippen molar-refractivity contribution in [3.05, 3.63) is 70.1 Å². The van der Waals surface area contributed by atoms with E-state index in [1.54, 1.807) is 55.6 Å². The molecule has 8 heteroatoms. The van der Waals surface area contributed by atoms with Gasteiger partial charge in [-0.25, -0.2) is 8.42 Å². The minimum absolute atomic E-state index is 0.297. The van der Waals surface area contributed by atoms with Crippen molar-refractivity contribution in [3.8, 4) is 5.75 Å². The first-order valence-corrected chi connectivity index (χ1v) is 9.96. The zero-order valence-corrected chi connectivity index (χ0v) is 15.8. The summed E-state index contributed by atoms with van der Waals surface area (Å²) in [7, 11) is -1.99. The van der Waals surface area contributed by atoms with Crippen LogP contribution in [-0.4, -0.2) is 32.9 Å². The minimum atomic E-state index is -3.53. The average molecular weight is 384 g/mol. The van der Waals surface area contributed by atoms with Crippen molar-refractivity contribution in [1.82, 2.24) is 4.31 Å². The number of rotatable bonds is 5. The van der Waals surface area contributed by atoms with Crippen molar-refractivity contribution in [2.75, 3.05) is 20.2 Å². The maximum absolute atomic E-state index is 12.9. The van der Waals surface area contributed by atoms with E-state index < -0.39 is 10.0 Å². The molecule has 1 fully saturated rings. The van der Waals surface area contributed by atoms with E-state index in [0.29, 0.717) is 29.4 Å². The Morgan fingerprint density at radius 2 is 2.00 bits per heavy atom. The van der Waals surface area contributed by atoms with Crippen LogP contribution in [0.2, 0.25) is 0 Å². The molecule has 0 aliphatic carbocycles. The van der Waals surface area contributed by atoms with E-state index in [9.17, 15) is 8.42 Å². The van der Waals surface area contributed by atoms with Gasteiger partial charge in [-0.15, -0.1) is 0 Å². The van der Waals surface area contributed by atoms with Gasteiger partial charge in [0.1, 0.15) is 5.75 Å². The van der Waals surface area contributed by atoms with E-state index in [2.05, 4.69) is 10.0 Å². The van der Waals surface area contributed by atoms with Gasteiger partial charge in [-0.05, 0) is 48.2 Å². The van der Waals surface area contributed by atoms with Crippen molar-refractivity contribution in [1.29, 1.82) is 0 Å². The summed E-state index contributed by atoms with van der Waals surface area (Å²) in [5, 5.41) is 3.72. The van der Waals surface area contributed by atoms with Gasteiger partial charge >= 0.3 is 0 Å².